The maximum atomic E-state index is 14.5. The largest absolute Gasteiger partial charge is 0.358 e. The van der Waals surface area contributed by atoms with Crippen LogP contribution in [0.25, 0.3) is 0 Å². The van der Waals surface area contributed by atoms with Gasteiger partial charge < -0.3 is 20.0 Å². The molecule has 0 saturated carbocycles. The molecule has 1 aromatic rings. The van der Waals surface area contributed by atoms with Crippen molar-refractivity contribution in [2.75, 3.05) is 69.2 Å². The molecule has 0 aromatic heterocycles. The van der Waals surface area contributed by atoms with Gasteiger partial charge in [0.25, 0.3) is 5.69 Å². The van der Waals surface area contributed by atoms with Crippen LogP contribution in [0.4, 0.5) is 21.5 Å². The fourth-order valence-corrected chi connectivity index (χ4v) is 3.30. The highest BCUT2D eigenvalue weighted by atomic mass is 19.1. The van der Waals surface area contributed by atoms with E-state index in [-0.39, 0.29) is 5.69 Å². The second-order valence-electron chi connectivity index (χ2n) is 6.35. The highest BCUT2D eigenvalue weighted by Crippen LogP contribution is 2.35. The fraction of sp³-hybridized carbons (Fsp3) is 0.600. The second kappa shape index (κ2) is 6.67. The average molecular weight is 325 g/mol. The Labute approximate surface area is 134 Å². The van der Waals surface area contributed by atoms with Crippen LogP contribution in [0, 0.1) is 15.9 Å². The molecule has 0 aliphatic carbocycles. The lowest BCUT2D eigenvalue weighted by atomic mass is 10.1. The van der Waals surface area contributed by atoms with Crippen molar-refractivity contribution in [2.45, 2.75) is 0 Å². The Morgan fingerprint density at radius 1 is 1.13 bits per heavy atom. The summed E-state index contributed by atoms with van der Waals surface area (Å²) in [4.78, 5) is 16.3. The number of anilines is 2. The lowest BCUT2D eigenvalue weighted by molar-refractivity contribution is -0.880. The van der Waals surface area contributed by atoms with Gasteiger partial charge in [0.1, 0.15) is 5.69 Å². The number of piperazine rings is 2. The number of hydrogen-bond donors (Lipinski definition) is 2. The minimum atomic E-state index is -0.497. The molecule has 2 aliphatic heterocycles. The maximum absolute atomic E-state index is 14.5. The molecule has 0 unspecified atom stereocenters. The summed E-state index contributed by atoms with van der Waals surface area (Å²) >= 11 is 0. The number of nitro groups is 1. The highest BCUT2D eigenvalue weighted by Gasteiger charge is 2.28. The quantitative estimate of drug-likeness (QED) is 0.522. The summed E-state index contributed by atoms with van der Waals surface area (Å²) in [6.45, 7) is 6.75. The highest BCUT2D eigenvalue weighted by molar-refractivity contribution is 5.71. The van der Waals surface area contributed by atoms with Gasteiger partial charge in [0.2, 0.25) is 0 Å². The summed E-state index contributed by atoms with van der Waals surface area (Å²) in [6, 6.07) is 2.77. The molecule has 0 amide bonds. The average Bonchev–Trinajstić information content (AvgIpc) is 2.56. The van der Waals surface area contributed by atoms with Crippen LogP contribution >= 0.6 is 0 Å². The Hall–Kier alpha value is -1.93. The summed E-state index contributed by atoms with van der Waals surface area (Å²) in [6.07, 6.45) is 0. The topological polar surface area (TPSA) is 70.7 Å². The van der Waals surface area contributed by atoms with Crippen LogP contribution in [0.5, 0.6) is 0 Å². The molecule has 2 fully saturated rings. The van der Waals surface area contributed by atoms with Crippen LogP contribution in [0.2, 0.25) is 0 Å². The Kier molecular flexibility index (Phi) is 4.63. The Bertz CT molecular complexity index is 583. The monoisotopic (exact) mass is 325 g/mol. The Morgan fingerprint density at radius 2 is 1.74 bits per heavy atom. The molecule has 0 spiro atoms. The van der Waals surface area contributed by atoms with Crippen LogP contribution in [0.3, 0.4) is 0 Å². The first-order chi connectivity index (χ1) is 11.1. The van der Waals surface area contributed by atoms with Gasteiger partial charge in [-0.3, -0.25) is 10.1 Å². The normalized spacial score (nSPS) is 19.9. The number of quaternary nitrogens is 2. The number of halogens is 1. The van der Waals surface area contributed by atoms with Crippen molar-refractivity contribution in [1.29, 1.82) is 0 Å². The molecular formula is C15H24FN5O2+2. The van der Waals surface area contributed by atoms with Gasteiger partial charge in [-0.25, -0.2) is 4.39 Å². The van der Waals surface area contributed by atoms with Gasteiger partial charge in [-0.15, -0.1) is 0 Å². The SMILES string of the molecule is C[NH+]1CCN(c2cc(N3CC[NH2+]CC3)c([N+](=O)[O-])cc2F)CC1. The van der Waals surface area contributed by atoms with E-state index in [0.717, 1.165) is 58.4 Å². The van der Waals surface area contributed by atoms with E-state index in [1.165, 1.54) is 4.90 Å². The van der Waals surface area contributed by atoms with Crippen molar-refractivity contribution in [2.24, 2.45) is 0 Å². The van der Waals surface area contributed by atoms with Gasteiger partial charge in [0.15, 0.2) is 5.82 Å². The van der Waals surface area contributed by atoms with Gasteiger partial charge in [0.05, 0.1) is 76.1 Å². The van der Waals surface area contributed by atoms with Crippen molar-refractivity contribution >= 4 is 17.1 Å². The minimum absolute atomic E-state index is 0.132. The number of nitrogens with zero attached hydrogens (tertiary/aromatic N) is 3. The predicted molar refractivity (Wildman–Crippen MR) is 85.8 cm³/mol. The number of rotatable bonds is 3. The molecule has 2 heterocycles. The van der Waals surface area contributed by atoms with Crippen LogP contribution in [0.1, 0.15) is 0 Å². The second-order valence-corrected chi connectivity index (χ2v) is 6.35. The smallest absolute Gasteiger partial charge is 0.295 e. The van der Waals surface area contributed by atoms with E-state index in [4.69, 9.17) is 0 Å². The number of nitro benzene ring substituents is 1. The van der Waals surface area contributed by atoms with E-state index >= 15 is 0 Å². The predicted octanol–water partition coefficient (Wildman–Crippen LogP) is -1.55. The molecule has 23 heavy (non-hydrogen) atoms. The first kappa shape index (κ1) is 15.9. The van der Waals surface area contributed by atoms with Gasteiger partial charge in [0, 0.05) is 0 Å². The summed E-state index contributed by atoms with van der Waals surface area (Å²) < 4.78 is 14.5. The third-order valence-corrected chi connectivity index (χ3v) is 4.75. The van der Waals surface area contributed by atoms with Gasteiger partial charge >= 0.3 is 0 Å². The third kappa shape index (κ3) is 3.37. The molecule has 8 heteroatoms. The fourth-order valence-electron chi connectivity index (χ4n) is 3.30. The summed E-state index contributed by atoms with van der Waals surface area (Å²) in [5.74, 6) is -0.497. The van der Waals surface area contributed by atoms with E-state index in [2.05, 4.69) is 12.4 Å². The van der Waals surface area contributed by atoms with Gasteiger partial charge in [-0.05, 0) is 6.07 Å². The molecule has 3 rings (SSSR count). The van der Waals surface area contributed by atoms with E-state index < -0.39 is 10.7 Å². The molecule has 0 radical (unpaired) electrons. The summed E-state index contributed by atoms with van der Waals surface area (Å²) in [5, 5.41) is 13.5. The summed E-state index contributed by atoms with van der Waals surface area (Å²) in [7, 11) is 2.12. The summed E-state index contributed by atoms with van der Waals surface area (Å²) in [5.41, 5.74) is 0.909. The Morgan fingerprint density at radius 3 is 2.35 bits per heavy atom. The zero-order valence-corrected chi connectivity index (χ0v) is 13.4. The zero-order chi connectivity index (χ0) is 16.4. The first-order valence-corrected chi connectivity index (χ1v) is 8.17. The third-order valence-electron chi connectivity index (χ3n) is 4.75. The first-order valence-electron chi connectivity index (χ1n) is 8.17. The number of nitrogens with one attached hydrogen (secondary N) is 1. The number of nitrogens with two attached hydrogens (primary N) is 1. The van der Waals surface area contributed by atoms with Crippen LogP contribution < -0.4 is 20.0 Å². The molecular weight excluding hydrogens is 301 g/mol. The molecule has 7 nitrogen and oxygen atoms in total. The molecule has 126 valence electrons. The van der Waals surface area contributed by atoms with Crippen molar-refractivity contribution in [3.63, 3.8) is 0 Å². The molecule has 1 aromatic carbocycles. The zero-order valence-electron chi connectivity index (χ0n) is 13.4. The molecule has 3 N–H and O–H groups in total. The molecule has 2 saturated heterocycles. The maximum Gasteiger partial charge on any atom is 0.295 e. The van der Waals surface area contributed by atoms with Gasteiger partial charge in [-0.1, -0.05) is 0 Å². The van der Waals surface area contributed by atoms with E-state index in [0.29, 0.717) is 11.4 Å². The Balaban J connectivity index is 1.95. The lowest BCUT2D eigenvalue weighted by Crippen LogP contribution is -3.12. The van der Waals surface area contributed by atoms with Crippen LogP contribution in [-0.4, -0.2) is 64.3 Å². The molecule has 0 atom stereocenters. The molecule has 0 bridgehead atoms. The van der Waals surface area contributed by atoms with E-state index in [9.17, 15) is 14.5 Å². The van der Waals surface area contributed by atoms with Crippen molar-refractivity contribution in [1.82, 2.24) is 0 Å². The number of hydrogen-bond acceptors (Lipinski definition) is 4. The van der Waals surface area contributed by atoms with E-state index in [1.54, 1.807) is 6.07 Å². The van der Waals surface area contributed by atoms with Crippen molar-refractivity contribution < 1.29 is 19.5 Å². The standard InChI is InChI=1S/C15H22FN5O2/c1-18-6-8-20(9-7-18)13-11-14(19-4-2-17-3-5-19)15(21(22)23)10-12(13)16/h10-11,17H,2-9H2,1H3/p+2. The number of likely N-dealkylation sites (N-methyl/N-ethyl adjacent to an activating group) is 1. The van der Waals surface area contributed by atoms with Crippen LogP contribution in [0.15, 0.2) is 12.1 Å². The van der Waals surface area contributed by atoms with E-state index in [1.807, 2.05) is 9.80 Å². The van der Waals surface area contributed by atoms with Crippen LogP contribution in [-0.2, 0) is 0 Å². The lowest BCUT2D eigenvalue weighted by Gasteiger charge is -2.33. The number of benzene rings is 1. The minimum Gasteiger partial charge on any atom is -0.358 e. The van der Waals surface area contributed by atoms with Crippen molar-refractivity contribution in [3.8, 4) is 0 Å². The molecule has 2 aliphatic rings. The van der Waals surface area contributed by atoms with Gasteiger partial charge in [-0.2, -0.15) is 0 Å². The van der Waals surface area contributed by atoms with Crippen molar-refractivity contribution in [3.05, 3.63) is 28.1 Å².